The Kier molecular flexibility index (Phi) is 4.15. The third-order valence-corrected chi connectivity index (χ3v) is 3.08. The Hall–Kier alpha value is -1.62. The summed E-state index contributed by atoms with van der Waals surface area (Å²) in [6, 6.07) is 5.62. The van der Waals surface area contributed by atoms with Crippen molar-refractivity contribution in [3.05, 3.63) is 35.8 Å². The van der Waals surface area contributed by atoms with Crippen LogP contribution in [0.3, 0.4) is 0 Å². The second kappa shape index (κ2) is 5.82. The first-order chi connectivity index (χ1) is 8.72. The molecular formula is C12H15ClN4O. The zero-order valence-corrected chi connectivity index (χ0v) is 11.1. The van der Waals surface area contributed by atoms with Crippen LogP contribution in [-0.2, 0) is 6.54 Å². The van der Waals surface area contributed by atoms with Crippen molar-refractivity contribution in [1.82, 2.24) is 20.0 Å². The fourth-order valence-electron chi connectivity index (χ4n) is 1.57. The molecule has 2 rings (SSSR count). The van der Waals surface area contributed by atoms with Gasteiger partial charge >= 0.3 is 0 Å². The average molecular weight is 267 g/mol. The molecule has 0 aliphatic carbocycles. The van der Waals surface area contributed by atoms with Gasteiger partial charge in [0.1, 0.15) is 5.69 Å². The number of alkyl halides is 1. The van der Waals surface area contributed by atoms with E-state index in [1.165, 1.54) is 0 Å². The van der Waals surface area contributed by atoms with E-state index in [0.29, 0.717) is 12.4 Å². The molecule has 0 fully saturated rings. The molecule has 1 unspecified atom stereocenters. The summed E-state index contributed by atoms with van der Waals surface area (Å²) < 4.78 is 6.80. The van der Waals surface area contributed by atoms with Crippen molar-refractivity contribution in [1.29, 1.82) is 0 Å². The van der Waals surface area contributed by atoms with Gasteiger partial charge in [-0.05, 0) is 12.5 Å². The number of ether oxygens (including phenoxy) is 1. The molecular weight excluding hydrogens is 252 g/mol. The molecule has 0 N–H and O–H groups in total. The van der Waals surface area contributed by atoms with E-state index < -0.39 is 0 Å². The van der Waals surface area contributed by atoms with Gasteiger partial charge in [-0.3, -0.25) is 0 Å². The van der Waals surface area contributed by atoms with Crippen LogP contribution in [0.4, 0.5) is 0 Å². The van der Waals surface area contributed by atoms with Gasteiger partial charge in [0.2, 0.25) is 5.88 Å². The van der Waals surface area contributed by atoms with Gasteiger partial charge < -0.3 is 4.74 Å². The molecule has 0 amide bonds. The highest BCUT2D eigenvalue weighted by atomic mass is 35.5. The van der Waals surface area contributed by atoms with Crippen LogP contribution in [0.5, 0.6) is 5.88 Å². The molecule has 0 saturated carbocycles. The van der Waals surface area contributed by atoms with Crippen LogP contribution in [0, 0.1) is 0 Å². The lowest BCUT2D eigenvalue weighted by Gasteiger charge is -2.03. The highest BCUT2D eigenvalue weighted by molar-refractivity contribution is 6.20. The second-order valence-electron chi connectivity index (χ2n) is 3.89. The van der Waals surface area contributed by atoms with E-state index in [1.54, 1.807) is 11.8 Å². The van der Waals surface area contributed by atoms with Gasteiger partial charge in [0.15, 0.2) is 0 Å². The molecule has 1 atom stereocenters. The van der Waals surface area contributed by atoms with Crippen LogP contribution in [0.1, 0.15) is 30.1 Å². The van der Waals surface area contributed by atoms with Gasteiger partial charge in [0, 0.05) is 6.07 Å². The summed E-state index contributed by atoms with van der Waals surface area (Å²) in [6.45, 7) is 2.57. The third-order valence-electron chi connectivity index (χ3n) is 2.55. The van der Waals surface area contributed by atoms with Crippen LogP contribution in [0.2, 0.25) is 0 Å². The lowest BCUT2D eigenvalue weighted by molar-refractivity contribution is 0.395. The lowest BCUT2D eigenvalue weighted by Crippen LogP contribution is -2.03. The molecule has 0 saturated heterocycles. The van der Waals surface area contributed by atoms with Crippen LogP contribution < -0.4 is 4.74 Å². The van der Waals surface area contributed by atoms with Gasteiger partial charge in [-0.25, -0.2) is 9.67 Å². The summed E-state index contributed by atoms with van der Waals surface area (Å²) in [5.41, 5.74) is 1.66. The van der Waals surface area contributed by atoms with Crippen LogP contribution in [-0.4, -0.2) is 27.1 Å². The van der Waals surface area contributed by atoms with Crippen molar-refractivity contribution in [2.24, 2.45) is 0 Å². The normalized spacial score (nSPS) is 12.4. The molecule has 2 heterocycles. The minimum absolute atomic E-state index is 0.0861. The van der Waals surface area contributed by atoms with E-state index in [0.717, 1.165) is 17.8 Å². The monoisotopic (exact) mass is 266 g/mol. The minimum Gasteiger partial charge on any atom is -0.481 e. The van der Waals surface area contributed by atoms with Crippen LogP contribution in [0.15, 0.2) is 24.4 Å². The van der Waals surface area contributed by atoms with Gasteiger partial charge in [-0.15, -0.1) is 16.7 Å². The first-order valence-corrected chi connectivity index (χ1v) is 6.20. The number of methoxy groups -OCH3 is 1. The van der Waals surface area contributed by atoms with E-state index in [-0.39, 0.29) is 5.38 Å². The smallest absolute Gasteiger partial charge is 0.213 e. The van der Waals surface area contributed by atoms with Gasteiger partial charge in [-0.2, -0.15) is 0 Å². The number of nitrogens with zero attached hydrogens (tertiary/aromatic N) is 4. The topological polar surface area (TPSA) is 52.8 Å². The number of halogens is 1. The second-order valence-corrected chi connectivity index (χ2v) is 4.41. The Morgan fingerprint density at radius 2 is 2.28 bits per heavy atom. The van der Waals surface area contributed by atoms with Crippen molar-refractivity contribution in [2.45, 2.75) is 25.3 Å². The average Bonchev–Trinajstić information content (AvgIpc) is 2.86. The molecule has 0 aromatic carbocycles. The SMILES string of the molecule is CCC(Cl)c1cn(Cc2cccc(OC)n2)nn1. The number of hydrogen-bond donors (Lipinski definition) is 0. The molecule has 5 nitrogen and oxygen atoms in total. The Morgan fingerprint density at radius 3 is 3.00 bits per heavy atom. The molecule has 2 aromatic rings. The summed E-state index contributed by atoms with van der Waals surface area (Å²) in [6.07, 6.45) is 2.68. The predicted octanol–water partition coefficient (Wildman–Crippen LogP) is 2.42. The zero-order chi connectivity index (χ0) is 13.0. The Labute approximate surface area is 111 Å². The van der Waals surface area contributed by atoms with Crippen LogP contribution in [0.25, 0.3) is 0 Å². The first kappa shape index (κ1) is 12.8. The maximum atomic E-state index is 6.10. The van der Waals surface area contributed by atoms with Crippen molar-refractivity contribution < 1.29 is 4.74 Å². The predicted molar refractivity (Wildman–Crippen MR) is 68.8 cm³/mol. The third kappa shape index (κ3) is 2.98. The summed E-state index contributed by atoms with van der Waals surface area (Å²) in [7, 11) is 1.60. The van der Waals surface area contributed by atoms with Crippen molar-refractivity contribution in [2.75, 3.05) is 7.11 Å². The van der Waals surface area contributed by atoms with E-state index in [1.807, 2.05) is 31.3 Å². The Morgan fingerprint density at radius 1 is 1.44 bits per heavy atom. The largest absolute Gasteiger partial charge is 0.481 e. The highest BCUT2D eigenvalue weighted by Crippen LogP contribution is 2.20. The Bertz CT molecular complexity index is 514. The summed E-state index contributed by atoms with van der Waals surface area (Å²) in [5.74, 6) is 0.594. The summed E-state index contributed by atoms with van der Waals surface area (Å²) in [4.78, 5) is 4.32. The van der Waals surface area contributed by atoms with E-state index in [4.69, 9.17) is 16.3 Å². The quantitative estimate of drug-likeness (QED) is 0.780. The zero-order valence-electron chi connectivity index (χ0n) is 10.4. The molecule has 0 spiro atoms. The lowest BCUT2D eigenvalue weighted by atomic mass is 10.3. The molecule has 0 aliphatic heterocycles. The molecule has 0 bridgehead atoms. The molecule has 0 aliphatic rings. The first-order valence-electron chi connectivity index (χ1n) is 5.77. The van der Waals surface area contributed by atoms with Crippen LogP contribution >= 0.6 is 11.6 Å². The molecule has 0 radical (unpaired) electrons. The van der Waals surface area contributed by atoms with Crippen molar-refractivity contribution in [3.8, 4) is 5.88 Å². The molecule has 18 heavy (non-hydrogen) atoms. The minimum atomic E-state index is -0.0861. The van der Waals surface area contributed by atoms with E-state index in [2.05, 4.69) is 15.3 Å². The van der Waals surface area contributed by atoms with Gasteiger partial charge in [-0.1, -0.05) is 18.2 Å². The fourth-order valence-corrected chi connectivity index (χ4v) is 1.67. The van der Waals surface area contributed by atoms with Gasteiger partial charge in [0.05, 0.1) is 30.9 Å². The van der Waals surface area contributed by atoms with Crippen molar-refractivity contribution >= 4 is 11.6 Å². The molecule has 2 aromatic heterocycles. The maximum Gasteiger partial charge on any atom is 0.213 e. The number of aromatic nitrogens is 4. The molecule has 96 valence electrons. The van der Waals surface area contributed by atoms with E-state index in [9.17, 15) is 0 Å². The Balaban J connectivity index is 2.11. The highest BCUT2D eigenvalue weighted by Gasteiger charge is 2.10. The number of rotatable bonds is 5. The fraction of sp³-hybridized carbons (Fsp3) is 0.417. The van der Waals surface area contributed by atoms with Crippen molar-refractivity contribution in [3.63, 3.8) is 0 Å². The van der Waals surface area contributed by atoms with Gasteiger partial charge in [0.25, 0.3) is 0 Å². The molecule has 6 heteroatoms. The van der Waals surface area contributed by atoms with E-state index >= 15 is 0 Å². The summed E-state index contributed by atoms with van der Waals surface area (Å²) >= 11 is 6.10. The maximum absolute atomic E-state index is 6.10. The standard InChI is InChI=1S/C12H15ClN4O/c1-3-10(13)11-8-17(16-15-11)7-9-5-4-6-12(14-9)18-2/h4-6,8,10H,3,7H2,1-2H3. The number of hydrogen-bond acceptors (Lipinski definition) is 4. The number of pyridine rings is 1. The summed E-state index contributed by atoms with van der Waals surface area (Å²) in [5, 5.41) is 8.00.